The van der Waals surface area contributed by atoms with E-state index in [1.54, 1.807) is 0 Å². The van der Waals surface area contributed by atoms with Crippen LogP contribution in [0.5, 0.6) is 0 Å². The van der Waals surface area contributed by atoms with E-state index in [4.69, 9.17) is 5.11 Å². The summed E-state index contributed by atoms with van der Waals surface area (Å²) in [5.41, 5.74) is 0. The molecule has 0 amide bonds. The van der Waals surface area contributed by atoms with Crippen molar-refractivity contribution in [1.29, 1.82) is 0 Å². The Morgan fingerprint density at radius 2 is 2.18 bits per heavy atom. The zero-order chi connectivity index (χ0) is 7.98. The maximum Gasteiger partial charge on any atom is 1.00 e. The predicted octanol–water partition coefficient (Wildman–Crippen LogP) is -3.32. The minimum absolute atomic E-state index is 0. The molecule has 0 aliphatic heterocycles. The van der Waals surface area contributed by atoms with Crippen molar-refractivity contribution in [2.45, 2.75) is 6.42 Å². The van der Waals surface area contributed by atoms with Gasteiger partial charge in [0.05, 0.1) is 13.6 Å². The van der Waals surface area contributed by atoms with Crippen molar-refractivity contribution in [3.8, 4) is 0 Å². The second-order valence-electron chi connectivity index (χ2n) is 1.79. The molecule has 0 bridgehead atoms. The normalized spacial score (nSPS) is 10.5. The first-order chi connectivity index (χ1) is 4.72. The number of aliphatic hydroxyl groups excluding tert-OH is 1. The number of aliphatic hydroxyl groups is 1. The van der Waals surface area contributed by atoms with E-state index in [0.717, 1.165) is 5.01 Å². The van der Waals surface area contributed by atoms with Crippen LogP contribution < -0.4 is 29.6 Å². The van der Waals surface area contributed by atoms with E-state index in [1.165, 1.54) is 7.05 Å². The molecule has 0 spiro atoms. The maximum atomic E-state index is 10.3. The Balaban J connectivity index is 0. The summed E-state index contributed by atoms with van der Waals surface area (Å²) in [7, 11) is 1.42. The van der Waals surface area contributed by atoms with Gasteiger partial charge in [0.25, 0.3) is 0 Å². The number of nitrogens with zero attached hydrogens (tertiary/aromatic N) is 3. The van der Waals surface area contributed by atoms with Gasteiger partial charge in [0.15, 0.2) is 0 Å². The molecule has 0 aromatic heterocycles. The molecule has 0 atom stereocenters. The van der Waals surface area contributed by atoms with E-state index in [1.807, 2.05) is 0 Å². The summed E-state index contributed by atoms with van der Waals surface area (Å²) in [6.45, 7) is 0.322. The summed E-state index contributed by atoms with van der Waals surface area (Å²) in [6, 6.07) is 0. The molecule has 11 heavy (non-hydrogen) atoms. The smallest absolute Gasteiger partial charge is 0.737 e. The zero-order valence-electron chi connectivity index (χ0n) is 6.73. The first-order valence-electron chi connectivity index (χ1n) is 2.84. The fraction of sp³-hybridized carbons (Fsp3) is 1.00. The Hall–Kier alpha value is -0.0400. The van der Waals surface area contributed by atoms with Crippen molar-refractivity contribution < 1.29 is 39.6 Å². The molecule has 0 saturated heterocycles. The van der Waals surface area contributed by atoms with Gasteiger partial charge in [-0.1, -0.05) is 0 Å². The van der Waals surface area contributed by atoms with Crippen LogP contribution >= 0.6 is 0 Å². The number of hydrazine groups is 1. The van der Waals surface area contributed by atoms with Crippen molar-refractivity contribution in [2.24, 2.45) is 5.28 Å². The molecule has 0 heterocycles. The molecule has 0 fully saturated rings. The Labute approximate surface area is 86.9 Å². The van der Waals surface area contributed by atoms with E-state index >= 15 is 0 Å². The third-order valence-electron chi connectivity index (χ3n) is 1.00. The monoisotopic (exact) mass is 171 g/mol. The van der Waals surface area contributed by atoms with Crippen LogP contribution in [-0.2, 0) is 0 Å². The summed E-state index contributed by atoms with van der Waals surface area (Å²) in [6.07, 6.45) is 0.449. The van der Waals surface area contributed by atoms with E-state index < -0.39 is 0 Å². The molecule has 0 aromatic carbocycles. The predicted molar refractivity (Wildman–Crippen MR) is 33.8 cm³/mol. The molecular formula is C4H10N3NaO3. The van der Waals surface area contributed by atoms with Gasteiger partial charge in [-0.3, -0.25) is 0 Å². The first kappa shape index (κ1) is 13.5. The summed E-state index contributed by atoms with van der Waals surface area (Å²) >= 11 is 0. The van der Waals surface area contributed by atoms with Gasteiger partial charge in [-0.2, -0.15) is 5.01 Å². The maximum absolute atomic E-state index is 10.3. The quantitative estimate of drug-likeness (QED) is 0.207. The van der Waals surface area contributed by atoms with Crippen molar-refractivity contribution >= 4 is 0 Å². The largest absolute Gasteiger partial charge is 1.00 e. The van der Waals surface area contributed by atoms with Crippen molar-refractivity contribution in [3.05, 3.63) is 10.4 Å². The van der Waals surface area contributed by atoms with Gasteiger partial charge >= 0.3 is 29.6 Å². The summed E-state index contributed by atoms with van der Waals surface area (Å²) in [4.78, 5) is -0.0599. The topological polar surface area (TPSA) is 85.0 Å². The van der Waals surface area contributed by atoms with E-state index in [-0.39, 0.29) is 41.1 Å². The number of hydrogen-bond donors (Lipinski definition) is 1. The molecule has 0 aromatic rings. The molecule has 0 rings (SSSR count). The third-order valence-corrected chi connectivity index (χ3v) is 1.00. The third kappa shape index (κ3) is 6.36. The van der Waals surface area contributed by atoms with Gasteiger partial charge in [0.2, 0.25) is 0 Å². The van der Waals surface area contributed by atoms with E-state index in [2.05, 4.69) is 5.28 Å². The van der Waals surface area contributed by atoms with Crippen LogP contribution in [0.15, 0.2) is 5.28 Å². The summed E-state index contributed by atoms with van der Waals surface area (Å²) in [5.74, 6) is 0. The molecule has 0 unspecified atom stereocenters. The molecule has 0 aliphatic rings. The standard InChI is InChI=1S/C4H11N3O3.Na/c1-6(3-2-4-8)7(10)5-9;/h8-9H,2-4H2,1H3;/q;+1/p-1/b7-5-;. The SMILES string of the molecule is CN(CCCO)/[N+]([O-])=N/[O-].[Na+]. The molecule has 0 aliphatic carbocycles. The second kappa shape index (κ2) is 8.06. The Morgan fingerprint density at radius 1 is 1.64 bits per heavy atom. The van der Waals surface area contributed by atoms with Crippen LogP contribution in [0.2, 0.25) is 0 Å². The summed E-state index contributed by atoms with van der Waals surface area (Å²) in [5, 5.41) is 31.4. The molecule has 0 saturated carbocycles. The van der Waals surface area contributed by atoms with Crippen LogP contribution in [0.4, 0.5) is 0 Å². The molecule has 1 N–H and O–H groups in total. The van der Waals surface area contributed by atoms with Gasteiger partial charge in [0, 0.05) is 11.6 Å². The van der Waals surface area contributed by atoms with Crippen LogP contribution in [0.3, 0.4) is 0 Å². The van der Waals surface area contributed by atoms with Gasteiger partial charge < -0.3 is 15.5 Å². The zero-order valence-corrected chi connectivity index (χ0v) is 8.73. The molecule has 60 valence electrons. The van der Waals surface area contributed by atoms with Crippen LogP contribution in [0.25, 0.3) is 0 Å². The summed E-state index contributed by atoms with van der Waals surface area (Å²) < 4.78 is 0. The van der Waals surface area contributed by atoms with Gasteiger partial charge in [-0.25, -0.2) is 0 Å². The van der Waals surface area contributed by atoms with Gasteiger partial charge in [0.1, 0.15) is 0 Å². The van der Waals surface area contributed by atoms with Gasteiger partial charge in [-0.15, -0.1) is 0 Å². The van der Waals surface area contributed by atoms with E-state index in [9.17, 15) is 10.4 Å². The van der Waals surface area contributed by atoms with Crippen LogP contribution in [0, 0.1) is 10.4 Å². The second-order valence-corrected chi connectivity index (χ2v) is 1.79. The molecular weight excluding hydrogens is 161 g/mol. The minimum atomic E-state index is -0.0599. The van der Waals surface area contributed by atoms with Crippen LogP contribution in [-0.4, -0.2) is 35.3 Å². The Morgan fingerprint density at radius 3 is 2.55 bits per heavy atom. The minimum Gasteiger partial charge on any atom is -0.737 e. The molecule has 6 nitrogen and oxygen atoms in total. The molecule has 0 radical (unpaired) electrons. The van der Waals surface area contributed by atoms with E-state index in [0.29, 0.717) is 13.0 Å². The Bertz CT molecular complexity index is 121. The van der Waals surface area contributed by atoms with Crippen molar-refractivity contribution in [1.82, 2.24) is 5.01 Å². The average molecular weight is 171 g/mol. The molecule has 7 heteroatoms. The fourth-order valence-electron chi connectivity index (χ4n) is 0.447. The van der Waals surface area contributed by atoms with Crippen molar-refractivity contribution in [2.75, 3.05) is 20.2 Å². The van der Waals surface area contributed by atoms with Gasteiger partial charge in [-0.05, 0) is 11.7 Å². The fourth-order valence-corrected chi connectivity index (χ4v) is 0.447. The number of hydrogen-bond acceptors (Lipinski definition) is 4. The van der Waals surface area contributed by atoms with Crippen molar-refractivity contribution in [3.63, 3.8) is 0 Å². The average Bonchev–Trinajstić information content (AvgIpc) is 1.98. The Kier molecular flexibility index (Phi) is 9.92. The van der Waals surface area contributed by atoms with Crippen LogP contribution in [0.1, 0.15) is 6.42 Å². The number of rotatable bonds is 4. The first-order valence-corrected chi connectivity index (χ1v) is 2.84.